The van der Waals surface area contributed by atoms with Crippen LogP contribution in [0.1, 0.15) is 30.4 Å². The number of rotatable bonds is 6. The summed E-state index contributed by atoms with van der Waals surface area (Å²) in [6.45, 7) is 5.57. The fraction of sp³-hybridized carbons (Fsp3) is 0.611. The predicted molar refractivity (Wildman–Crippen MR) is 90.8 cm³/mol. The second kappa shape index (κ2) is 8.20. The van der Waals surface area contributed by atoms with Crippen LogP contribution in [0.4, 0.5) is 4.79 Å². The van der Waals surface area contributed by atoms with E-state index in [4.69, 9.17) is 4.74 Å². The van der Waals surface area contributed by atoms with Gasteiger partial charge in [0.15, 0.2) is 0 Å². The Kier molecular flexibility index (Phi) is 6.28. The van der Waals surface area contributed by atoms with Crippen LogP contribution >= 0.6 is 0 Å². The van der Waals surface area contributed by atoms with Gasteiger partial charge in [-0.2, -0.15) is 0 Å². The Balaban J connectivity index is 1.67. The summed E-state index contributed by atoms with van der Waals surface area (Å²) in [6, 6.07) is 5.96. The van der Waals surface area contributed by atoms with Gasteiger partial charge < -0.3 is 20.1 Å². The molecule has 1 aliphatic carbocycles. The Hall–Kier alpha value is -1.75. The number of urea groups is 1. The maximum absolute atomic E-state index is 12.0. The summed E-state index contributed by atoms with van der Waals surface area (Å²) >= 11 is 0. The number of aryl methyl sites for hydroxylation is 2. The van der Waals surface area contributed by atoms with Gasteiger partial charge in [-0.3, -0.25) is 0 Å². The van der Waals surface area contributed by atoms with Gasteiger partial charge in [-0.25, -0.2) is 4.79 Å². The van der Waals surface area contributed by atoms with Crippen molar-refractivity contribution in [3.8, 4) is 5.75 Å². The molecule has 2 amide bonds. The summed E-state index contributed by atoms with van der Waals surface area (Å²) in [5, 5.41) is 12.7. The Morgan fingerprint density at radius 3 is 2.61 bits per heavy atom. The normalized spacial score (nSPS) is 20.3. The zero-order valence-corrected chi connectivity index (χ0v) is 14.3. The molecule has 0 aliphatic heterocycles. The minimum absolute atomic E-state index is 0.117. The third kappa shape index (κ3) is 5.43. The van der Waals surface area contributed by atoms with Gasteiger partial charge >= 0.3 is 6.03 Å². The molecule has 0 bridgehead atoms. The van der Waals surface area contributed by atoms with Crippen molar-refractivity contribution in [3.05, 3.63) is 29.3 Å². The molecule has 0 radical (unpaired) electrons. The lowest BCUT2D eigenvalue weighted by Crippen LogP contribution is -2.42. The molecule has 2 atom stereocenters. The van der Waals surface area contributed by atoms with E-state index in [0.717, 1.165) is 25.0 Å². The molecule has 2 rings (SSSR count). The van der Waals surface area contributed by atoms with Crippen LogP contribution in [0.25, 0.3) is 0 Å². The van der Waals surface area contributed by atoms with Crippen LogP contribution in [-0.4, -0.2) is 48.9 Å². The summed E-state index contributed by atoms with van der Waals surface area (Å²) in [7, 11) is 1.77. The van der Waals surface area contributed by atoms with Gasteiger partial charge in [-0.05, 0) is 49.9 Å². The first kappa shape index (κ1) is 17.6. The van der Waals surface area contributed by atoms with Gasteiger partial charge in [0.25, 0.3) is 0 Å². The summed E-state index contributed by atoms with van der Waals surface area (Å²) < 4.78 is 5.68. The molecule has 1 aromatic rings. The largest absolute Gasteiger partial charge is 0.492 e. The molecule has 1 aliphatic rings. The maximum atomic E-state index is 12.0. The van der Waals surface area contributed by atoms with Gasteiger partial charge in [-0.1, -0.05) is 12.5 Å². The Bertz CT molecular complexity index is 513. The molecule has 0 heterocycles. The number of hydrogen-bond donors (Lipinski definition) is 2. The second-order valence-corrected chi connectivity index (χ2v) is 6.54. The molecule has 2 unspecified atom stereocenters. The Morgan fingerprint density at radius 1 is 1.30 bits per heavy atom. The molecule has 0 spiro atoms. The molecule has 1 saturated carbocycles. The molecule has 23 heavy (non-hydrogen) atoms. The summed E-state index contributed by atoms with van der Waals surface area (Å²) in [5.74, 6) is 1.04. The van der Waals surface area contributed by atoms with Gasteiger partial charge in [0.05, 0.1) is 12.6 Å². The van der Waals surface area contributed by atoms with E-state index in [1.54, 1.807) is 11.9 Å². The van der Waals surface area contributed by atoms with Crippen molar-refractivity contribution in [3.63, 3.8) is 0 Å². The summed E-state index contributed by atoms with van der Waals surface area (Å²) in [4.78, 5) is 13.7. The maximum Gasteiger partial charge on any atom is 0.317 e. The number of aliphatic hydroxyl groups is 1. The lowest BCUT2D eigenvalue weighted by Gasteiger charge is -2.23. The van der Waals surface area contributed by atoms with E-state index in [1.807, 2.05) is 26.0 Å². The van der Waals surface area contributed by atoms with Crippen LogP contribution in [-0.2, 0) is 0 Å². The monoisotopic (exact) mass is 320 g/mol. The first-order valence-electron chi connectivity index (χ1n) is 8.34. The molecule has 1 aromatic carbocycles. The van der Waals surface area contributed by atoms with Crippen molar-refractivity contribution >= 4 is 6.03 Å². The van der Waals surface area contributed by atoms with Crippen molar-refractivity contribution in [2.24, 2.45) is 5.92 Å². The fourth-order valence-electron chi connectivity index (χ4n) is 3.14. The number of carbonyl (C=O) groups excluding carboxylic acids is 1. The average molecular weight is 320 g/mol. The highest BCUT2D eigenvalue weighted by molar-refractivity contribution is 5.73. The Morgan fingerprint density at radius 2 is 2.00 bits per heavy atom. The average Bonchev–Trinajstić information content (AvgIpc) is 2.87. The lowest BCUT2D eigenvalue weighted by molar-refractivity contribution is 0.113. The molecule has 0 aromatic heterocycles. The molecule has 1 fully saturated rings. The minimum Gasteiger partial charge on any atom is -0.492 e. The number of carbonyl (C=O) groups is 1. The van der Waals surface area contributed by atoms with Crippen molar-refractivity contribution in [2.45, 2.75) is 39.2 Å². The van der Waals surface area contributed by atoms with Gasteiger partial charge in [0.1, 0.15) is 12.4 Å². The van der Waals surface area contributed by atoms with E-state index >= 15 is 0 Å². The van der Waals surface area contributed by atoms with Gasteiger partial charge in [0.2, 0.25) is 0 Å². The van der Waals surface area contributed by atoms with Gasteiger partial charge in [0, 0.05) is 19.5 Å². The number of nitrogens with zero attached hydrogens (tertiary/aromatic N) is 1. The minimum atomic E-state index is -0.266. The number of benzene rings is 1. The lowest BCUT2D eigenvalue weighted by atomic mass is 10.1. The molecule has 0 saturated heterocycles. The number of hydrogen-bond acceptors (Lipinski definition) is 3. The molecule has 5 heteroatoms. The van der Waals surface area contributed by atoms with Crippen molar-refractivity contribution in [2.75, 3.05) is 26.7 Å². The quantitative estimate of drug-likeness (QED) is 0.792. The van der Waals surface area contributed by atoms with Crippen LogP contribution in [0.2, 0.25) is 0 Å². The van der Waals surface area contributed by atoms with E-state index in [1.165, 1.54) is 11.1 Å². The summed E-state index contributed by atoms with van der Waals surface area (Å²) in [5.41, 5.74) is 2.33. The highest BCUT2D eigenvalue weighted by Crippen LogP contribution is 2.25. The van der Waals surface area contributed by atoms with Crippen LogP contribution in [0.15, 0.2) is 18.2 Å². The van der Waals surface area contributed by atoms with E-state index in [-0.39, 0.29) is 18.1 Å². The topological polar surface area (TPSA) is 61.8 Å². The van der Waals surface area contributed by atoms with Crippen LogP contribution in [0.5, 0.6) is 5.75 Å². The van der Waals surface area contributed by atoms with Crippen molar-refractivity contribution < 1.29 is 14.6 Å². The highest BCUT2D eigenvalue weighted by Gasteiger charge is 2.27. The third-order valence-electron chi connectivity index (χ3n) is 4.32. The van der Waals surface area contributed by atoms with E-state index in [0.29, 0.717) is 19.7 Å². The van der Waals surface area contributed by atoms with Gasteiger partial charge in [-0.15, -0.1) is 0 Å². The van der Waals surface area contributed by atoms with Crippen LogP contribution in [0, 0.1) is 19.8 Å². The van der Waals surface area contributed by atoms with Crippen molar-refractivity contribution in [1.82, 2.24) is 10.2 Å². The van der Waals surface area contributed by atoms with Crippen LogP contribution < -0.4 is 10.1 Å². The molecular weight excluding hydrogens is 292 g/mol. The molecule has 128 valence electrons. The number of amides is 2. The highest BCUT2D eigenvalue weighted by atomic mass is 16.5. The van der Waals surface area contributed by atoms with Crippen molar-refractivity contribution in [1.29, 1.82) is 0 Å². The molecule has 2 N–H and O–H groups in total. The standard InChI is InChI=1S/C18H28N2O3/c1-13-9-14(2)11-16(10-13)23-8-7-19-18(22)20(3)12-15-5-4-6-17(15)21/h9-11,15,17,21H,4-8,12H2,1-3H3,(H,19,22). The van der Waals surface area contributed by atoms with E-state index in [2.05, 4.69) is 11.4 Å². The van der Waals surface area contributed by atoms with E-state index in [9.17, 15) is 9.90 Å². The van der Waals surface area contributed by atoms with E-state index < -0.39 is 0 Å². The first-order valence-corrected chi connectivity index (χ1v) is 8.34. The number of aliphatic hydroxyl groups excluding tert-OH is 1. The summed E-state index contributed by atoms with van der Waals surface area (Å²) in [6.07, 6.45) is 2.63. The number of nitrogens with one attached hydrogen (secondary N) is 1. The zero-order chi connectivity index (χ0) is 16.8. The second-order valence-electron chi connectivity index (χ2n) is 6.54. The van der Waals surface area contributed by atoms with Crippen LogP contribution in [0.3, 0.4) is 0 Å². The predicted octanol–water partition coefficient (Wildman–Crippen LogP) is 2.48. The SMILES string of the molecule is Cc1cc(C)cc(OCCNC(=O)N(C)CC2CCCC2O)c1. The number of ether oxygens (including phenoxy) is 1. The zero-order valence-electron chi connectivity index (χ0n) is 14.3. The molecular formula is C18H28N2O3. The Labute approximate surface area is 138 Å². The molecule has 5 nitrogen and oxygen atoms in total. The fourth-order valence-corrected chi connectivity index (χ4v) is 3.14. The first-order chi connectivity index (χ1) is 11.0. The third-order valence-corrected chi connectivity index (χ3v) is 4.32. The smallest absolute Gasteiger partial charge is 0.317 e.